The molecule has 6 heteroatoms. The topological polar surface area (TPSA) is 72.2 Å². The molecule has 0 fully saturated rings. The zero-order valence-electron chi connectivity index (χ0n) is 15.0. The second-order valence-electron chi connectivity index (χ2n) is 7.26. The van der Waals surface area contributed by atoms with E-state index in [-0.39, 0.29) is 12.1 Å². The number of benzene rings is 2. The van der Waals surface area contributed by atoms with E-state index < -0.39 is 11.4 Å². The molecule has 1 N–H and O–H groups in total. The SMILES string of the molecule is CC(C)(Cn1cnc2scc(-c3ccc4ccccc4c3)c2c1=O)C(=O)O. The van der Waals surface area contributed by atoms with Gasteiger partial charge in [0.1, 0.15) is 4.83 Å². The van der Waals surface area contributed by atoms with Crippen LogP contribution in [0.4, 0.5) is 0 Å². The summed E-state index contributed by atoms with van der Waals surface area (Å²) in [4.78, 5) is 29.6. The summed E-state index contributed by atoms with van der Waals surface area (Å²) in [6.07, 6.45) is 1.44. The van der Waals surface area contributed by atoms with Crippen molar-refractivity contribution in [3.05, 3.63) is 64.5 Å². The number of carbonyl (C=O) groups is 1. The summed E-state index contributed by atoms with van der Waals surface area (Å²) in [6, 6.07) is 14.2. The molecule has 2 heterocycles. The van der Waals surface area contributed by atoms with Crippen molar-refractivity contribution >= 4 is 38.3 Å². The van der Waals surface area contributed by atoms with E-state index in [1.54, 1.807) is 13.8 Å². The van der Waals surface area contributed by atoms with E-state index in [0.29, 0.717) is 10.2 Å². The maximum atomic E-state index is 13.1. The van der Waals surface area contributed by atoms with Crippen LogP contribution in [0.5, 0.6) is 0 Å². The Morgan fingerprint density at radius 3 is 2.67 bits per heavy atom. The van der Waals surface area contributed by atoms with Crippen LogP contribution in [0.25, 0.3) is 32.1 Å². The third-order valence-electron chi connectivity index (χ3n) is 4.77. The average molecular weight is 378 g/mol. The van der Waals surface area contributed by atoms with Gasteiger partial charge in [-0.25, -0.2) is 4.98 Å². The number of carboxylic acid groups (broad SMARTS) is 1. The number of hydrogen-bond acceptors (Lipinski definition) is 4. The zero-order chi connectivity index (χ0) is 19.2. The van der Waals surface area contributed by atoms with E-state index in [2.05, 4.69) is 11.1 Å². The quantitative estimate of drug-likeness (QED) is 0.572. The number of aromatic nitrogens is 2. The number of carboxylic acids is 1. The molecule has 0 aliphatic heterocycles. The van der Waals surface area contributed by atoms with Crippen LogP contribution in [-0.2, 0) is 11.3 Å². The summed E-state index contributed by atoms with van der Waals surface area (Å²) in [7, 11) is 0. The van der Waals surface area contributed by atoms with Gasteiger partial charge in [0.2, 0.25) is 0 Å². The Labute approximate surface area is 159 Å². The van der Waals surface area contributed by atoms with Crippen LogP contribution in [0.1, 0.15) is 13.8 Å². The Hall–Kier alpha value is -2.99. The van der Waals surface area contributed by atoms with Gasteiger partial charge in [-0.15, -0.1) is 11.3 Å². The molecule has 27 heavy (non-hydrogen) atoms. The molecule has 0 radical (unpaired) electrons. The summed E-state index contributed by atoms with van der Waals surface area (Å²) >= 11 is 1.42. The zero-order valence-corrected chi connectivity index (χ0v) is 15.8. The average Bonchev–Trinajstić information content (AvgIpc) is 3.08. The van der Waals surface area contributed by atoms with Crippen LogP contribution < -0.4 is 5.56 Å². The number of aliphatic carboxylic acids is 1. The summed E-state index contributed by atoms with van der Waals surface area (Å²) in [6.45, 7) is 3.27. The van der Waals surface area contributed by atoms with Crippen molar-refractivity contribution in [3.63, 3.8) is 0 Å². The number of hydrogen-bond donors (Lipinski definition) is 1. The number of thiophene rings is 1. The largest absolute Gasteiger partial charge is 0.481 e. The van der Waals surface area contributed by atoms with E-state index in [4.69, 9.17) is 0 Å². The molecule has 0 atom stereocenters. The van der Waals surface area contributed by atoms with Gasteiger partial charge in [-0.1, -0.05) is 36.4 Å². The predicted octanol–water partition coefficient (Wildman–Crippen LogP) is 4.39. The van der Waals surface area contributed by atoms with Crippen LogP contribution in [-0.4, -0.2) is 20.6 Å². The Morgan fingerprint density at radius 2 is 1.93 bits per heavy atom. The van der Waals surface area contributed by atoms with Crippen LogP contribution in [0.2, 0.25) is 0 Å². The fourth-order valence-corrected chi connectivity index (χ4v) is 4.05. The molecule has 0 unspecified atom stereocenters. The molecule has 4 rings (SSSR count). The monoisotopic (exact) mass is 378 g/mol. The minimum Gasteiger partial charge on any atom is -0.481 e. The molecular weight excluding hydrogens is 360 g/mol. The fraction of sp³-hybridized carbons (Fsp3) is 0.190. The van der Waals surface area contributed by atoms with Crippen LogP contribution in [0, 0.1) is 5.41 Å². The van der Waals surface area contributed by atoms with Crippen LogP contribution >= 0.6 is 11.3 Å². The third kappa shape index (κ3) is 3.02. The van der Waals surface area contributed by atoms with Gasteiger partial charge in [0.25, 0.3) is 5.56 Å². The van der Waals surface area contributed by atoms with Gasteiger partial charge < -0.3 is 5.11 Å². The van der Waals surface area contributed by atoms with Crippen LogP contribution in [0.3, 0.4) is 0 Å². The Morgan fingerprint density at radius 1 is 1.19 bits per heavy atom. The molecule has 0 saturated heterocycles. The van der Waals surface area contributed by atoms with E-state index in [1.165, 1.54) is 22.2 Å². The summed E-state index contributed by atoms with van der Waals surface area (Å²) in [5.41, 5.74) is 0.520. The Bertz CT molecular complexity index is 1240. The number of rotatable bonds is 4. The molecule has 2 aromatic heterocycles. The highest BCUT2D eigenvalue weighted by Gasteiger charge is 2.28. The molecule has 0 spiro atoms. The Kier molecular flexibility index (Phi) is 4.08. The summed E-state index contributed by atoms with van der Waals surface area (Å²) < 4.78 is 1.40. The van der Waals surface area contributed by atoms with Gasteiger partial charge in [-0.05, 0) is 36.2 Å². The van der Waals surface area contributed by atoms with Gasteiger partial charge >= 0.3 is 5.97 Å². The minimum absolute atomic E-state index is 0.0666. The summed E-state index contributed by atoms with van der Waals surface area (Å²) in [5.74, 6) is -0.949. The van der Waals surface area contributed by atoms with Crippen LogP contribution in [0.15, 0.2) is 59.0 Å². The third-order valence-corrected chi connectivity index (χ3v) is 5.65. The molecule has 0 aliphatic carbocycles. The first-order chi connectivity index (χ1) is 12.9. The van der Waals surface area contributed by atoms with Gasteiger partial charge in [-0.2, -0.15) is 0 Å². The highest BCUT2D eigenvalue weighted by atomic mass is 32.1. The van der Waals surface area contributed by atoms with Crippen molar-refractivity contribution in [1.29, 1.82) is 0 Å². The van der Waals surface area contributed by atoms with Crippen molar-refractivity contribution in [2.75, 3.05) is 0 Å². The lowest BCUT2D eigenvalue weighted by Crippen LogP contribution is -2.34. The smallest absolute Gasteiger partial charge is 0.310 e. The van der Waals surface area contributed by atoms with Crippen molar-refractivity contribution in [3.8, 4) is 11.1 Å². The molecule has 0 amide bonds. The maximum absolute atomic E-state index is 13.1. The molecule has 5 nitrogen and oxygen atoms in total. The van der Waals surface area contributed by atoms with Crippen molar-refractivity contribution < 1.29 is 9.90 Å². The number of fused-ring (bicyclic) bond motifs is 2. The normalized spacial score (nSPS) is 11.9. The van der Waals surface area contributed by atoms with E-state index in [1.807, 2.05) is 41.8 Å². The summed E-state index contributed by atoms with van der Waals surface area (Å²) in [5, 5.41) is 14.1. The lowest BCUT2D eigenvalue weighted by molar-refractivity contribution is -0.147. The fourth-order valence-electron chi connectivity index (χ4n) is 3.14. The Balaban J connectivity index is 1.88. The predicted molar refractivity (Wildman–Crippen MR) is 108 cm³/mol. The lowest BCUT2D eigenvalue weighted by Gasteiger charge is -2.20. The molecule has 136 valence electrons. The van der Waals surface area contributed by atoms with Gasteiger partial charge in [0.15, 0.2) is 0 Å². The first-order valence-electron chi connectivity index (χ1n) is 8.56. The van der Waals surface area contributed by atoms with E-state index >= 15 is 0 Å². The van der Waals surface area contributed by atoms with Crippen molar-refractivity contribution in [2.24, 2.45) is 5.41 Å². The van der Waals surface area contributed by atoms with Crippen molar-refractivity contribution in [1.82, 2.24) is 9.55 Å². The highest BCUT2D eigenvalue weighted by Crippen LogP contribution is 2.32. The molecule has 0 saturated carbocycles. The molecular formula is C21H18N2O3S. The van der Waals surface area contributed by atoms with Crippen molar-refractivity contribution in [2.45, 2.75) is 20.4 Å². The lowest BCUT2D eigenvalue weighted by atomic mass is 9.94. The molecule has 2 aromatic carbocycles. The van der Waals surface area contributed by atoms with Gasteiger partial charge in [-0.3, -0.25) is 14.2 Å². The molecule has 4 aromatic rings. The first-order valence-corrected chi connectivity index (χ1v) is 9.44. The number of nitrogens with zero attached hydrogens (tertiary/aromatic N) is 2. The second-order valence-corrected chi connectivity index (χ2v) is 8.12. The highest BCUT2D eigenvalue weighted by molar-refractivity contribution is 7.17. The molecule has 0 aliphatic rings. The minimum atomic E-state index is -1.06. The maximum Gasteiger partial charge on any atom is 0.310 e. The molecule has 0 bridgehead atoms. The standard InChI is InChI=1S/C21H18N2O3S/c1-21(2,20(25)26)11-23-12-22-18-17(19(23)24)16(10-27-18)15-8-7-13-5-3-4-6-14(13)9-15/h3-10,12H,11H2,1-2H3,(H,25,26). The first kappa shape index (κ1) is 17.4. The van der Waals surface area contributed by atoms with Gasteiger partial charge in [0, 0.05) is 17.5 Å². The van der Waals surface area contributed by atoms with E-state index in [0.717, 1.165) is 21.9 Å². The second kappa shape index (κ2) is 6.32. The van der Waals surface area contributed by atoms with E-state index in [9.17, 15) is 14.7 Å². The van der Waals surface area contributed by atoms with Gasteiger partial charge in [0.05, 0.1) is 17.1 Å².